The number of amides is 1. The second-order valence-electron chi connectivity index (χ2n) is 7.24. The van der Waals surface area contributed by atoms with Crippen LogP contribution in [-0.4, -0.2) is 64.6 Å². The third-order valence-corrected chi connectivity index (χ3v) is 8.66. The van der Waals surface area contributed by atoms with E-state index in [9.17, 15) is 18.0 Å². The molecule has 1 N–H and O–H groups in total. The first-order valence-corrected chi connectivity index (χ1v) is 12.8. The molecule has 0 spiro atoms. The van der Waals surface area contributed by atoms with Gasteiger partial charge in [0.2, 0.25) is 10.0 Å². The molecular formula is C22H21ClN2O7S2. The predicted octanol–water partition coefficient (Wildman–Crippen LogP) is 3.38. The van der Waals surface area contributed by atoms with Crippen LogP contribution in [0, 0.1) is 0 Å². The number of anilines is 1. The number of nitrogens with one attached hydrogen (secondary N) is 1. The van der Waals surface area contributed by atoms with Crippen molar-refractivity contribution >= 4 is 60.6 Å². The number of sulfonamides is 1. The first-order chi connectivity index (χ1) is 16.3. The number of methoxy groups -OCH3 is 1. The highest BCUT2D eigenvalue weighted by Crippen LogP contribution is 2.35. The van der Waals surface area contributed by atoms with Gasteiger partial charge in [-0.15, -0.1) is 11.3 Å². The number of halogens is 1. The van der Waals surface area contributed by atoms with Crippen molar-refractivity contribution in [2.24, 2.45) is 0 Å². The molecule has 3 aromatic rings. The summed E-state index contributed by atoms with van der Waals surface area (Å²) in [6.07, 6.45) is 0. The number of nitrogens with zero attached hydrogens (tertiary/aromatic N) is 1. The van der Waals surface area contributed by atoms with Crippen LogP contribution in [0.3, 0.4) is 0 Å². The summed E-state index contributed by atoms with van der Waals surface area (Å²) in [5.74, 6) is -1.17. The van der Waals surface area contributed by atoms with E-state index >= 15 is 0 Å². The summed E-state index contributed by atoms with van der Waals surface area (Å²) < 4.78 is 43.5. The summed E-state index contributed by atoms with van der Waals surface area (Å²) in [6.45, 7) is 0.628. The summed E-state index contributed by atoms with van der Waals surface area (Å²) in [5.41, 5.74) is 0.240. The Kier molecular flexibility index (Phi) is 7.39. The molecule has 1 saturated heterocycles. The fourth-order valence-electron chi connectivity index (χ4n) is 3.40. The van der Waals surface area contributed by atoms with E-state index in [4.69, 9.17) is 25.8 Å². The number of carbonyl (C=O) groups excluding carboxylic acids is 2. The standard InChI is InChI=1S/C22H21ClN2O7S2/c1-30-17-12-14(34(28,29)25-8-10-31-11-9-25)6-7-16(17)24-19(26)13-32-22(27)21-20(23)15-4-2-3-5-18(15)33-21/h2-7,12H,8-11,13H2,1H3,(H,24,26). The average molecular weight is 525 g/mol. The minimum atomic E-state index is -3.73. The van der Waals surface area contributed by atoms with Crippen LogP contribution in [-0.2, 0) is 24.3 Å². The zero-order chi connectivity index (χ0) is 24.3. The van der Waals surface area contributed by atoms with Crippen LogP contribution in [0.15, 0.2) is 47.4 Å². The van der Waals surface area contributed by atoms with E-state index in [0.29, 0.717) is 13.2 Å². The van der Waals surface area contributed by atoms with Gasteiger partial charge in [0.1, 0.15) is 10.6 Å². The van der Waals surface area contributed by atoms with Gasteiger partial charge in [0, 0.05) is 29.2 Å². The van der Waals surface area contributed by atoms with Crippen LogP contribution in [0.2, 0.25) is 5.02 Å². The van der Waals surface area contributed by atoms with E-state index < -0.39 is 28.5 Å². The number of hydrogen-bond donors (Lipinski definition) is 1. The number of fused-ring (bicyclic) bond motifs is 1. The van der Waals surface area contributed by atoms with Gasteiger partial charge in [-0.2, -0.15) is 4.31 Å². The molecule has 1 fully saturated rings. The highest BCUT2D eigenvalue weighted by atomic mass is 35.5. The Hall–Kier alpha value is -2.70. The van der Waals surface area contributed by atoms with Crippen molar-refractivity contribution in [3.05, 3.63) is 52.4 Å². The second-order valence-corrected chi connectivity index (χ2v) is 10.6. The molecule has 12 heteroatoms. The molecule has 2 aromatic carbocycles. The third kappa shape index (κ3) is 5.03. The summed E-state index contributed by atoms with van der Waals surface area (Å²) >= 11 is 7.46. The average Bonchev–Trinajstić information content (AvgIpc) is 3.20. The van der Waals surface area contributed by atoms with Gasteiger partial charge in [-0.1, -0.05) is 29.8 Å². The lowest BCUT2D eigenvalue weighted by Crippen LogP contribution is -2.40. The molecule has 9 nitrogen and oxygen atoms in total. The van der Waals surface area contributed by atoms with Crippen molar-refractivity contribution < 1.29 is 32.2 Å². The summed E-state index contributed by atoms with van der Waals surface area (Å²) in [4.78, 5) is 25.1. The molecule has 1 amide bonds. The number of hydrogen-bond acceptors (Lipinski definition) is 8. The lowest BCUT2D eigenvalue weighted by Gasteiger charge is -2.26. The van der Waals surface area contributed by atoms with E-state index in [2.05, 4.69) is 5.32 Å². The Bertz CT molecular complexity index is 1330. The predicted molar refractivity (Wildman–Crippen MR) is 128 cm³/mol. The molecule has 2 heterocycles. The summed E-state index contributed by atoms with van der Waals surface area (Å²) in [6, 6.07) is 11.4. The molecule has 180 valence electrons. The zero-order valence-corrected chi connectivity index (χ0v) is 20.5. The van der Waals surface area contributed by atoms with Gasteiger partial charge >= 0.3 is 5.97 Å². The molecule has 0 saturated carbocycles. The minimum absolute atomic E-state index is 0.0371. The molecule has 1 aliphatic heterocycles. The van der Waals surface area contributed by atoms with Crippen molar-refractivity contribution in [3.63, 3.8) is 0 Å². The van der Waals surface area contributed by atoms with Gasteiger partial charge in [-0.25, -0.2) is 13.2 Å². The molecule has 0 aliphatic carbocycles. The molecule has 1 aliphatic rings. The van der Waals surface area contributed by atoms with Crippen LogP contribution >= 0.6 is 22.9 Å². The monoisotopic (exact) mass is 524 g/mol. The Morgan fingerprint density at radius 3 is 2.62 bits per heavy atom. The van der Waals surface area contributed by atoms with Gasteiger partial charge in [0.25, 0.3) is 5.91 Å². The molecule has 1 aromatic heterocycles. The van der Waals surface area contributed by atoms with Crippen LogP contribution in [0.5, 0.6) is 5.75 Å². The normalized spacial score (nSPS) is 14.6. The maximum Gasteiger partial charge on any atom is 0.350 e. The number of carbonyl (C=O) groups is 2. The van der Waals surface area contributed by atoms with Crippen LogP contribution in [0.4, 0.5) is 5.69 Å². The SMILES string of the molecule is COc1cc(S(=O)(=O)N2CCOCC2)ccc1NC(=O)COC(=O)c1sc2ccccc2c1Cl. The van der Waals surface area contributed by atoms with E-state index in [0.717, 1.165) is 10.1 Å². The number of esters is 1. The molecule has 0 radical (unpaired) electrons. The van der Waals surface area contributed by atoms with Gasteiger partial charge in [0.05, 0.1) is 35.9 Å². The number of benzene rings is 2. The molecule has 0 atom stereocenters. The Labute approximate surface area is 205 Å². The quantitative estimate of drug-likeness (QED) is 0.471. The Morgan fingerprint density at radius 1 is 1.18 bits per heavy atom. The number of ether oxygens (including phenoxy) is 3. The maximum atomic E-state index is 12.9. The molecule has 0 bridgehead atoms. The van der Waals surface area contributed by atoms with Gasteiger partial charge in [-0.05, 0) is 18.2 Å². The molecule has 0 unspecified atom stereocenters. The third-order valence-electron chi connectivity index (χ3n) is 5.11. The topological polar surface area (TPSA) is 111 Å². The van der Waals surface area contributed by atoms with Gasteiger partial charge < -0.3 is 19.5 Å². The summed E-state index contributed by atoms with van der Waals surface area (Å²) in [7, 11) is -2.37. The Morgan fingerprint density at radius 2 is 1.91 bits per heavy atom. The summed E-state index contributed by atoms with van der Waals surface area (Å²) in [5, 5.41) is 3.59. The van der Waals surface area contributed by atoms with E-state index in [-0.39, 0.29) is 39.3 Å². The zero-order valence-electron chi connectivity index (χ0n) is 18.1. The second kappa shape index (κ2) is 10.3. The molecule has 4 rings (SSSR count). The van der Waals surface area contributed by atoms with Gasteiger partial charge in [-0.3, -0.25) is 4.79 Å². The molecular weight excluding hydrogens is 504 g/mol. The largest absolute Gasteiger partial charge is 0.495 e. The first-order valence-electron chi connectivity index (χ1n) is 10.2. The van der Waals surface area contributed by atoms with Gasteiger partial charge in [0.15, 0.2) is 6.61 Å². The minimum Gasteiger partial charge on any atom is -0.495 e. The lowest BCUT2D eigenvalue weighted by molar-refractivity contribution is -0.119. The van der Waals surface area contributed by atoms with Crippen molar-refractivity contribution in [2.45, 2.75) is 4.90 Å². The lowest BCUT2D eigenvalue weighted by atomic mass is 10.2. The smallest absolute Gasteiger partial charge is 0.350 e. The first kappa shape index (κ1) is 24.4. The van der Waals surface area contributed by atoms with Crippen molar-refractivity contribution in [1.29, 1.82) is 0 Å². The molecule has 34 heavy (non-hydrogen) atoms. The van der Waals surface area contributed by atoms with E-state index in [1.807, 2.05) is 18.2 Å². The van der Waals surface area contributed by atoms with Crippen molar-refractivity contribution in [3.8, 4) is 5.75 Å². The fourth-order valence-corrected chi connectivity index (χ4v) is 6.23. The number of rotatable bonds is 7. The van der Waals surface area contributed by atoms with Crippen LogP contribution in [0.1, 0.15) is 9.67 Å². The fraction of sp³-hybridized carbons (Fsp3) is 0.273. The van der Waals surface area contributed by atoms with E-state index in [1.54, 1.807) is 6.07 Å². The highest BCUT2D eigenvalue weighted by molar-refractivity contribution is 7.89. The van der Waals surface area contributed by atoms with Crippen molar-refractivity contribution in [2.75, 3.05) is 45.3 Å². The van der Waals surface area contributed by atoms with Crippen molar-refractivity contribution in [1.82, 2.24) is 4.31 Å². The van der Waals surface area contributed by atoms with Crippen LogP contribution < -0.4 is 10.1 Å². The Balaban J connectivity index is 1.42. The number of morpholine rings is 1. The maximum absolute atomic E-state index is 12.9. The highest BCUT2D eigenvalue weighted by Gasteiger charge is 2.27. The van der Waals surface area contributed by atoms with E-state index in [1.165, 1.54) is 41.0 Å². The number of thiophene rings is 1. The van der Waals surface area contributed by atoms with Crippen LogP contribution in [0.25, 0.3) is 10.1 Å².